The van der Waals surface area contributed by atoms with Crippen LogP contribution in [0.4, 0.5) is 23.2 Å². The highest BCUT2D eigenvalue weighted by atomic mass is 35.5. The number of nitrogens with one attached hydrogen (secondary N) is 1. The Kier molecular flexibility index (Phi) is 9.26. The van der Waals surface area contributed by atoms with E-state index in [1.54, 1.807) is 24.3 Å². The molecule has 0 unspecified atom stereocenters. The standard InChI is InChI=1S/C24H21ClF4N2O3S2/c25-20-11-10-18(24(27,28)29)14-22(20)31(36(33,34)19-7-2-1-3-8-19)15-23(32)30-12-13-35-16-17-6-4-5-9-21(17)26/h1-11,14H,12-13,15-16H2,(H,30,32). The molecule has 0 radical (unpaired) electrons. The van der Waals surface area contributed by atoms with Gasteiger partial charge in [-0.3, -0.25) is 9.10 Å². The number of sulfonamides is 1. The minimum absolute atomic E-state index is 0.132. The minimum atomic E-state index is -4.75. The fourth-order valence-corrected chi connectivity index (χ4v) is 5.71. The van der Waals surface area contributed by atoms with Crippen molar-refractivity contribution >= 4 is 45.0 Å². The van der Waals surface area contributed by atoms with Crippen LogP contribution in [-0.4, -0.2) is 33.2 Å². The SMILES string of the molecule is O=C(CN(c1cc(C(F)(F)F)ccc1Cl)S(=O)(=O)c1ccccc1)NCCSCc1ccccc1F. The number of benzene rings is 3. The fraction of sp³-hybridized carbons (Fsp3) is 0.208. The topological polar surface area (TPSA) is 66.5 Å². The number of carbonyl (C=O) groups is 1. The molecule has 0 saturated heterocycles. The number of amides is 1. The molecule has 1 N–H and O–H groups in total. The quantitative estimate of drug-likeness (QED) is 0.254. The van der Waals surface area contributed by atoms with Crippen molar-refractivity contribution in [3.05, 3.63) is 94.8 Å². The van der Waals surface area contributed by atoms with E-state index in [-0.39, 0.29) is 22.3 Å². The third-order valence-corrected chi connectivity index (χ3v) is 8.05. The molecule has 0 atom stereocenters. The largest absolute Gasteiger partial charge is 0.416 e. The van der Waals surface area contributed by atoms with Crippen LogP contribution in [0.1, 0.15) is 11.1 Å². The number of hydrogen-bond donors (Lipinski definition) is 1. The van der Waals surface area contributed by atoms with Crippen molar-refractivity contribution in [1.82, 2.24) is 5.32 Å². The van der Waals surface area contributed by atoms with Crippen molar-refractivity contribution in [1.29, 1.82) is 0 Å². The Labute approximate surface area is 215 Å². The van der Waals surface area contributed by atoms with E-state index in [4.69, 9.17) is 11.6 Å². The van der Waals surface area contributed by atoms with Crippen molar-refractivity contribution in [2.24, 2.45) is 0 Å². The second-order valence-electron chi connectivity index (χ2n) is 7.48. The monoisotopic (exact) mass is 560 g/mol. The molecular formula is C24H21ClF4N2O3S2. The number of nitrogens with zero attached hydrogens (tertiary/aromatic N) is 1. The van der Waals surface area contributed by atoms with Gasteiger partial charge in [0.2, 0.25) is 5.91 Å². The first kappa shape index (κ1) is 27.8. The van der Waals surface area contributed by atoms with E-state index < -0.39 is 39.9 Å². The molecular weight excluding hydrogens is 540 g/mol. The van der Waals surface area contributed by atoms with Gasteiger partial charge in [0, 0.05) is 18.1 Å². The van der Waals surface area contributed by atoms with Gasteiger partial charge in [-0.2, -0.15) is 24.9 Å². The molecule has 36 heavy (non-hydrogen) atoms. The average Bonchev–Trinajstić information content (AvgIpc) is 2.83. The van der Waals surface area contributed by atoms with Gasteiger partial charge >= 0.3 is 6.18 Å². The molecule has 0 aliphatic heterocycles. The van der Waals surface area contributed by atoms with E-state index in [2.05, 4.69) is 5.32 Å². The van der Waals surface area contributed by atoms with Gasteiger partial charge in [-0.15, -0.1) is 0 Å². The van der Waals surface area contributed by atoms with Gasteiger partial charge in [0.25, 0.3) is 10.0 Å². The summed E-state index contributed by atoms with van der Waals surface area (Å²) in [6.45, 7) is -0.663. The first-order valence-corrected chi connectivity index (χ1v) is 13.5. The van der Waals surface area contributed by atoms with Crippen LogP contribution in [0.2, 0.25) is 5.02 Å². The zero-order chi connectivity index (χ0) is 26.3. The molecule has 0 spiro atoms. The van der Waals surface area contributed by atoms with Gasteiger partial charge in [0.15, 0.2) is 0 Å². The zero-order valence-corrected chi connectivity index (χ0v) is 21.0. The van der Waals surface area contributed by atoms with Crippen LogP contribution in [-0.2, 0) is 26.7 Å². The fourth-order valence-electron chi connectivity index (χ4n) is 3.15. The second kappa shape index (κ2) is 12.0. The van der Waals surface area contributed by atoms with Crippen LogP contribution in [0.5, 0.6) is 0 Å². The summed E-state index contributed by atoms with van der Waals surface area (Å²) in [5.41, 5.74) is -1.08. The number of hydrogen-bond acceptors (Lipinski definition) is 4. The van der Waals surface area contributed by atoms with Gasteiger partial charge in [-0.25, -0.2) is 12.8 Å². The number of rotatable bonds is 10. The van der Waals surface area contributed by atoms with E-state index >= 15 is 0 Å². The number of halogens is 5. The Morgan fingerprint density at radius 1 is 1.00 bits per heavy atom. The lowest BCUT2D eigenvalue weighted by Crippen LogP contribution is -2.41. The number of alkyl halides is 3. The van der Waals surface area contributed by atoms with Gasteiger partial charge in [-0.05, 0) is 42.0 Å². The summed E-state index contributed by atoms with van der Waals surface area (Å²) in [7, 11) is -4.44. The summed E-state index contributed by atoms with van der Waals surface area (Å²) in [6, 6.07) is 15.5. The van der Waals surface area contributed by atoms with E-state index in [0.29, 0.717) is 27.4 Å². The van der Waals surface area contributed by atoms with E-state index in [9.17, 15) is 30.8 Å². The normalized spacial score (nSPS) is 11.8. The van der Waals surface area contributed by atoms with Crippen LogP contribution in [0.25, 0.3) is 0 Å². The molecule has 0 heterocycles. The molecule has 3 aromatic rings. The van der Waals surface area contributed by atoms with Crippen LogP contribution in [0, 0.1) is 5.82 Å². The Hall–Kier alpha value is -2.76. The third-order valence-electron chi connectivity index (χ3n) is 4.94. The molecule has 0 aliphatic rings. The average molecular weight is 561 g/mol. The predicted molar refractivity (Wildman–Crippen MR) is 133 cm³/mol. The third kappa shape index (κ3) is 7.14. The van der Waals surface area contributed by atoms with Crippen LogP contribution >= 0.6 is 23.4 Å². The highest BCUT2D eigenvalue weighted by Crippen LogP contribution is 2.37. The van der Waals surface area contributed by atoms with E-state index in [1.807, 2.05) is 0 Å². The van der Waals surface area contributed by atoms with Gasteiger partial charge < -0.3 is 5.32 Å². The lowest BCUT2D eigenvalue weighted by Gasteiger charge is -2.25. The first-order valence-electron chi connectivity index (χ1n) is 10.5. The molecule has 5 nitrogen and oxygen atoms in total. The van der Waals surface area contributed by atoms with Crippen LogP contribution < -0.4 is 9.62 Å². The molecule has 0 aromatic heterocycles. The maximum absolute atomic E-state index is 13.7. The van der Waals surface area contributed by atoms with Crippen molar-refractivity contribution < 1.29 is 30.8 Å². The van der Waals surface area contributed by atoms with Crippen LogP contribution in [0.3, 0.4) is 0 Å². The first-order chi connectivity index (χ1) is 17.0. The lowest BCUT2D eigenvalue weighted by molar-refractivity contribution is -0.137. The Morgan fingerprint density at radius 2 is 1.67 bits per heavy atom. The number of thioether (sulfide) groups is 1. The number of anilines is 1. The Bertz CT molecular complexity index is 1310. The van der Waals surface area contributed by atoms with Crippen molar-refractivity contribution in [3.63, 3.8) is 0 Å². The highest BCUT2D eigenvalue weighted by molar-refractivity contribution is 7.98. The van der Waals surface area contributed by atoms with Gasteiger partial charge in [0.05, 0.1) is 21.2 Å². The summed E-state index contributed by atoms with van der Waals surface area (Å²) in [5.74, 6) is -0.310. The van der Waals surface area contributed by atoms with Crippen LogP contribution in [0.15, 0.2) is 77.7 Å². The smallest absolute Gasteiger partial charge is 0.354 e. The maximum Gasteiger partial charge on any atom is 0.416 e. The number of carbonyl (C=O) groups excluding carboxylic acids is 1. The molecule has 0 fully saturated rings. The molecule has 0 aliphatic carbocycles. The summed E-state index contributed by atoms with van der Waals surface area (Å²) in [5, 5.41) is 2.28. The molecule has 0 saturated carbocycles. The Balaban J connectivity index is 1.76. The molecule has 0 bridgehead atoms. The molecule has 192 valence electrons. The summed E-state index contributed by atoms with van der Waals surface area (Å²) >= 11 is 7.45. The summed E-state index contributed by atoms with van der Waals surface area (Å²) in [4.78, 5) is 12.4. The minimum Gasteiger partial charge on any atom is -0.354 e. The predicted octanol–water partition coefficient (Wildman–Crippen LogP) is 5.74. The maximum atomic E-state index is 13.7. The van der Waals surface area contributed by atoms with E-state index in [0.717, 1.165) is 12.1 Å². The van der Waals surface area contributed by atoms with Crippen molar-refractivity contribution in [2.45, 2.75) is 16.8 Å². The molecule has 1 amide bonds. The summed E-state index contributed by atoms with van der Waals surface area (Å²) < 4.78 is 80.8. The Morgan fingerprint density at radius 3 is 2.33 bits per heavy atom. The summed E-state index contributed by atoms with van der Waals surface area (Å²) in [6.07, 6.45) is -4.75. The lowest BCUT2D eigenvalue weighted by atomic mass is 10.2. The van der Waals surface area contributed by atoms with Gasteiger partial charge in [-0.1, -0.05) is 48.0 Å². The molecule has 3 aromatic carbocycles. The molecule has 3 rings (SSSR count). The van der Waals surface area contributed by atoms with Gasteiger partial charge in [0.1, 0.15) is 12.4 Å². The van der Waals surface area contributed by atoms with Crippen molar-refractivity contribution in [2.75, 3.05) is 23.1 Å². The zero-order valence-electron chi connectivity index (χ0n) is 18.6. The second-order valence-corrected chi connectivity index (χ2v) is 10.9. The highest BCUT2D eigenvalue weighted by Gasteiger charge is 2.34. The van der Waals surface area contributed by atoms with E-state index in [1.165, 1.54) is 42.1 Å². The van der Waals surface area contributed by atoms with Crippen molar-refractivity contribution in [3.8, 4) is 0 Å². The molecule has 12 heteroatoms.